The summed E-state index contributed by atoms with van der Waals surface area (Å²) in [6.45, 7) is 0.481. The van der Waals surface area contributed by atoms with Crippen LogP contribution < -0.4 is 5.32 Å². The number of carboxylic acid groups (broad SMARTS) is 1. The first-order chi connectivity index (χ1) is 8.15. The Kier molecular flexibility index (Phi) is 5.41. The van der Waals surface area contributed by atoms with Crippen LogP contribution in [0.5, 0.6) is 0 Å². The van der Waals surface area contributed by atoms with Crippen LogP contribution in [0, 0.1) is 0 Å². The van der Waals surface area contributed by atoms with Crippen molar-refractivity contribution in [1.29, 1.82) is 0 Å². The van der Waals surface area contributed by atoms with E-state index in [-0.39, 0.29) is 13.1 Å². The van der Waals surface area contributed by atoms with Crippen molar-refractivity contribution in [3.8, 4) is 0 Å². The molecule has 1 aromatic rings. The van der Waals surface area contributed by atoms with Crippen LogP contribution in [0.1, 0.15) is 11.6 Å². The largest absolute Gasteiger partial charge is 0.480 e. The molecule has 0 radical (unpaired) electrons. The lowest BCUT2D eigenvalue weighted by Gasteiger charge is -2.13. The third kappa shape index (κ3) is 4.39. The Morgan fingerprint density at radius 3 is 3.06 bits per heavy atom. The summed E-state index contributed by atoms with van der Waals surface area (Å²) in [6.07, 6.45) is 3.05. The summed E-state index contributed by atoms with van der Waals surface area (Å²) in [4.78, 5) is 17.5. The molecule has 90 valence electrons. The smallest absolute Gasteiger partial charge is 0.325 e. The lowest BCUT2D eigenvalue weighted by Crippen LogP contribution is -2.30. The second-order valence-corrected chi connectivity index (χ2v) is 4.03. The maximum atomic E-state index is 11.1. The molecule has 1 unspecified atom stereocenters. The van der Waals surface area contributed by atoms with E-state index in [2.05, 4.69) is 36.3 Å². The highest BCUT2D eigenvalue weighted by Crippen LogP contribution is 2.16. The van der Waals surface area contributed by atoms with Gasteiger partial charge in [-0.25, -0.2) is 0 Å². The topological polar surface area (TPSA) is 111 Å². The van der Waals surface area contributed by atoms with Gasteiger partial charge in [-0.05, 0) is 33.1 Å². The molecule has 1 rings (SSSR count). The molecule has 2 N–H and O–H groups in total. The van der Waals surface area contributed by atoms with E-state index in [1.54, 1.807) is 12.3 Å². The SMILES string of the molecule is [N-]=[N+]=NCCNC(C(=O)O)c1cncc(Br)c1. The fraction of sp³-hybridized carbons (Fsp3) is 0.333. The van der Waals surface area contributed by atoms with Crippen molar-refractivity contribution in [3.05, 3.63) is 38.9 Å². The van der Waals surface area contributed by atoms with Crippen molar-refractivity contribution in [2.45, 2.75) is 6.04 Å². The van der Waals surface area contributed by atoms with Crippen LogP contribution >= 0.6 is 15.9 Å². The van der Waals surface area contributed by atoms with Crippen molar-refractivity contribution < 1.29 is 9.90 Å². The van der Waals surface area contributed by atoms with Gasteiger partial charge in [0, 0.05) is 34.9 Å². The molecular weight excluding hydrogens is 290 g/mol. The summed E-state index contributed by atoms with van der Waals surface area (Å²) in [5.74, 6) is -1.01. The van der Waals surface area contributed by atoms with Crippen LogP contribution in [0.4, 0.5) is 0 Å². The van der Waals surface area contributed by atoms with E-state index in [4.69, 9.17) is 10.6 Å². The first kappa shape index (κ1) is 13.4. The van der Waals surface area contributed by atoms with E-state index in [1.807, 2.05) is 0 Å². The van der Waals surface area contributed by atoms with Gasteiger partial charge in [0.15, 0.2) is 0 Å². The number of rotatable bonds is 6. The Hall–Kier alpha value is -1.63. The van der Waals surface area contributed by atoms with Crippen LogP contribution in [0.25, 0.3) is 10.4 Å². The molecule has 1 heterocycles. The molecule has 1 aromatic heterocycles. The van der Waals surface area contributed by atoms with Gasteiger partial charge in [0.1, 0.15) is 6.04 Å². The average molecular weight is 300 g/mol. The zero-order valence-corrected chi connectivity index (χ0v) is 10.3. The highest BCUT2D eigenvalue weighted by atomic mass is 79.9. The summed E-state index contributed by atoms with van der Waals surface area (Å²) in [5.41, 5.74) is 8.63. The Balaban J connectivity index is 2.72. The summed E-state index contributed by atoms with van der Waals surface area (Å²) < 4.78 is 0.707. The molecule has 7 nitrogen and oxygen atoms in total. The van der Waals surface area contributed by atoms with Crippen LogP contribution in [0.15, 0.2) is 28.0 Å². The van der Waals surface area contributed by atoms with E-state index in [9.17, 15) is 4.79 Å². The van der Waals surface area contributed by atoms with Gasteiger partial charge < -0.3 is 10.4 Å². The van der Waals surface area contributed by atoms with Gasteiger partial charge in [0.2, 0.25) is 0 Å². The third-order valence-electron chi connectivity index (χ3n) is 1.93. The van der Waals surface area contributed by atoms with Crippen LogP contribution in [0.2, 0.25) is 0 Å². The quantitative estimate of drug-likeness (QED) is 0.361. The fourth-order valence-corrected chi connectivity index (χ4v) is 1.62. The second kappa shape index (κ2) is 6.85. The van der Waals surface area contributed by atoms with E-state index < -0.39 is 12.0 Å². The molecule has 0 aliphatic heterocycles. The van der Waals surface area contributed by atoms with E-state index in [0.29, 0.717) is 10.0 Å². The first-order valence-electron chi connectivity index (χ1n) is 4.72. The van der Waals surface area contributed by atoms with Crippen LogP contribution in [-0.2, 0) is 4.79 Å². The average Bonchev–Trinajstić information content (AvgIpc) is 2.28. The predicted octanol–water partition coefficient (Wildman–Crippen LogP) is 1.87. The number of hydrogen-bond donors (Lipinski definition) is 2. The number of pyridine rings is 1. The number of nitrogens with one attached hydrogen (secondary N) is 1. The number of nitrogens with zero attached hydrogens (tertiary/aromatic N) is 4. The minimum absolute atomic E-state index is 0.196. The van der Waals surface area contributed by atoms with Gasteiger partial charge in [-0.1, -0.05) is 5.11 Å². The minimum Gasteiger partial charge on any atom is -0.480 e. The molecule has 0 amide bonds. The van der Waals surface area contributed by atoms with Crippen molar-refractivity contribution in [1.82, 2.24) is 10.3 Å². The third-order valence-corrected chi connectivity index (χ3v) is 2.36. The zero-order chi connectivity index (χ0) is 12.7. The summed E-state index contributed by atoms with van der Waals surface area (Å²) in [5, 5.41) is 15.2. The summed E-state index contributed by atoms with van der Waals surface area (Å²) >= 11 is 3.22. The molecule has 0 spiro atoms. The number of azide groups is 1. The molecule has 0 aromatic carbocycles. The summed E-state index contributed by atoms with van der Waals surface area (Å²) in [6, 6.07) is 0.806. The number of halogens is 1. The monoisotopic (exact) mass is 299 g/mol. The van der Waals surface area contributed by atoms with Gasteiger partial charge in [-0.2, -0.15) is 0 Å². The minimum atomic E-state index is -1.01. The van der Waals surface area contributed by atoms with Gasteiger partial charge in [0.25, 0.3) is 0 Å². The number of aromatic nitrogens is 1. The molecule has 17 heavy (non-hydrogen) atoms. The van der Waals surface area contributed by atoms with Gasteiger partial charge in [-0.3, -0.25) is 9.78 Å². The molecule has 0 saturated carbocycles. The molecular formula is C9H10BrN5O2. The van der Waals surface area contributed by atoms with Gasteiger partial charge in [-0.15, -0.1) is 0 Å². The molecule has 0 bridgehead atoms. The zero-order valence-electron chi connectivity index (χ0n) is 8.75. The molecule has 8 heteroatoms. The van der Waals surface area contributed by atoms with Crippen molar-refractivity contribution in [2.75, 3.05) is 13.1 Å². The van der Waals surface area contributed by atoms with Gasteiger partial charge >= 0.3 is 5.97 Å². The molecule has 0 aliphatic rings. The van der Waals surface area contributed by atoms with Crippen molar-refractivity contribution in [3.63, 3.8) is 0 Å². The van der Waals surface area contributed by atoms with Crippen molar-refractivity contribution in [2.24, 2.45) is 5.11 Å². The lowest BCUT2D eigenvalue weighted by atomic mass is 10.1. The van der Waals surface area contributed by atoms with Gasteiger partial charge in [0.05, 0.1) is 0 Å². The summed E-state index contributed by atoms with van der Waals surface area (Å²) in [7, 11) is 0. The van der Waals surface area contributed by atoms with Crippen LogP contribution in [-0.4, -0.2) is 29.1 Å². The maximum Gasteiger partial charge on any atom is 0.325 e. The second-order valence-electron chi connectivity index (χ2n) is 3.12. The molecule has 0 saturated heterocycles. The van der Waals surface area contributed by atoms with Crippen molar-refractivity contribution >= 4 is 21.9 Å². The van der Waals surface area contributed by atoms with E-state index >= 15 is 0 Å². The fourth-order valence-electron chi connectivity index (χ4n) is 1.24. The van der Waals surface area contributed by atoms with E-state index in [1.165, 1.54) is 6.20 Å². The first-order valence-corrected chi connectivity index (χ1v) is 5.52. The molecule has 1 atom stereocenters. The standard InChI is InChI=1S/C9H10BrN5O2/c10-7-3-6(4-12-5-7)8(9(16)17)13-1-2-14-15-11/h3-5,8,13H,1-2H2,(H,16,17). The Morgan fingerprint density at radius 2 is 2.47 bits per heavy atom. The Morgan fingerprint density at radius 1 is 1.71 bits per heavy atom. The van der Waals surface area contributed by atoms with E-state index in [0.717, 1.165) is 0 Å². The Bertz CT molecular complexity index is 447. The lowest BCUT2D eigenvalue weighted by molar-refractivity contribution is -0.139. The maximum absolute atomic E-state index is 11.1. The molecule has 0 aliphatic carbocycles. The number of carboxylic acids is 1. The number of carbonyl (C=O) groups is 1. The van der Waals surface area contributed by atoms with Crippen LogP contribution in [0.3, 0.4) is 0 Å². The Labute approximate surface area is 106 Å². The normalized spacial score (nSPS) is 11.6. The number of aliphatic carboxylic acids is 1. The molecule has 0 fully saturated rings. The highest BCUT2D eigenvalue weighted by molar-refractivity contribution is 9.10. The predicted molar refractivity (Wildman–Crippen MR) is 64.3 cm³/mol. The number of hydrogen-bond acceptors (Lipinski definition) is 4. The highest BCUT2D eigenvalue weighted by Gasteiger charge is 2.19.